The highest BCUT2D eigenvalue weighted by Crippen LogP contribution is 2.47. The fourth-order valence-corrected chi connectivity index (χ4v) is 4.99. The molecule has 2 aromatic carbocycles. The first-order valence-electron chi connectivity index (χ1n) is 12.1. The number of methoxy groups -OCH3 is 2. The van der Waals surface area contributed by atoms with Crippen molar-refractivity contribution in [2.24, 2.45) is 5.92 Å². The smallest absolute Gasteiger partial charge is 0.336 e. The number of Topliss-reactive ketones (excluding diaryl/α,β-unsaturated/α-hetero) is 1. The Bertz CT molecular complexity index is 1250. The van der Waals surface area contributed by atoms with Crippen LogP contribution < -0.4 is 14.8 Å². The summed E-state index contributed by atoms with van der Waals surface area (Å²) in [6.07, 6.45) is 0.765. The fourth-order valence-electron chi connectivity index (χ4n) is 4.99. The molecular formula is C29H32FNO5. The maximum Gasteiger partial charge on any atom is 0.336 e. The van der Waals surface area contributed by atoms with Crippen LogP contribution in [0.5, 0.6) is 11.5 Å². The van der Waals surface area contributed by atoms with E-state index in [-0.39, 0.29) is 36.2 Å². The number of benzene rings is 2. The number of allylic oxidation sites excluding steroid dienone is 3. The minimum atomic E-state index is -0.832. The summed E-state index contributed by atoms with van der Waals surface area (Å²) in [6, 6.07) is 11.9. The van der Waals surface area contributed by atoms with Gasteiger partial charge < -0.3 is 19.5 Å². The molecule has 0 spiro atoms. The van der Waals surface area contributed by atoms with Crippen LogP contribution in [0, 0.1) is 11.7 Å². The van der Waals surface area contributed by atoms with E-state index in [0.29, 0.717) is 40.5 Å². The van der Waals surface area contributed by atoms with Crippen molar-refractivity contribution in [2.75, 3.05) is 20.8 Å². The predicted octanol–water partition coefficient (Wildman–Crippen LogP) is 5.40. The fraction of sp³-hybridized carbons (Fsp3) is 0.379. The third kappa shape index (κ3) is 4.87. The number of esters is 1. The van der Waals surface area contributed by atoms with E-state index in [1.165, 1.54) is 6.07 Å². The summed E-state index contributed by atoms with van der Waals surface area (Å²) in [6.45, 7) is 5.90. The van der Waals surface area contributed by atoms with E-state index >= 15 is 4.39 Å². The zero-order valence-electron chi connectivity index (χ0n) is 21.3. The summed E-state index contributed by atoms with van der Waals surface area (Å²) in [5.41, 5.74) is 3.21. The van der Waals surface area contributed by atoms with Crippen molar-refractivity contribution in [2.45, 2.75) is 45.4 Å². The number of rotatable bonds is 7. The highest BCUT2D eigenvalue weighted by molar-refractivity contribution is 6.04. The second-order valence-corrected chi connectivity index (χ2v) is 9.65. The molecule has 0 saturated carbocycles. The van der Waals surface area contributed by atoms with Gasteiger partial charge in [-0.3, -0.25) is 4.79 Å². The Morgan fingerprint density at radius 1 is 1.08 bits per heavy atom. The third-order valence-corrected chi connectivity index (χ3v) is 6.69. The molecule has 0 amide bonds. The molecule has 2 aliphatic rings. The number of halogens is 1. The van der Waals surface area contributed by atoms with E-state index in [1.54, 1.807) is 39.3 Å². The van der Waals surface area contributed by atoms with Crippen LogP contribution in [0.3, 0.4) is 0 Å². The lowest BCUT2D eigenvalue weighted by molar-refractivity contribution is -0.140. The molecule has 2 atom stereocenters. The minimum Gasteiger partial charge on any atom is -0.493 e. The first kappa shape index (κ1) is 25.5. The van der Waals surface area contributed by atoms with Crippen molar-refractivity contribution in [3.05, 3.63) is 81.9 Å². The predicted molar refractivity (Wildman–Crippen MR) is 134 cm³/mol. The summed E-state index contributed by atoms with van der Waals surface area (Å²) < 4.78 is 31.4. The van der Waals surface area contributed by atoms with Crippen molar-refractivity contribution in [1.29, 1.82) is 0 Å². The normalized spacial score (nSPS) is 19.7. The topological polar surface area (TPSA) is 73.9 Å². The molecule has 0 fully saturated rings. The zero-order valence-corrected chi connectivity index (χ0v) is 21.3. The van der Waals surface area contributed by atoms with Crippen LogP contribution in [-0.4, -0.2) is 32.6 Å². The Kier molecular flexibility index (Phi) is 7.48. The molecule has 1 aliphatic heterocycles. The molecule has 0 bridgehead atoms. The maximum absolute atomic E-state index is 15.1. The Morgan fingerprint density at radius 2 is 1.81 bits per heavy atom. The molecule has 0 aromatic heterocycles. The Hall–Kier alpha value is -3.61. The molecule has 0 unspecified atom stereocenters. The number of ether oxygens (including phenoxy) is 3. The van der Waals surface area contributed by atoms with Crippen molar-refractivity contribution in [1.82, 2.24) is 5.32 Å². The van der Waals surface area contributed by atoms with Gasteiger partial charge in [0.25, 0.3) is 0 Å². The second-order valence-electron chi connectivity index (χ2n) is 9.65. The average molecular weight is 494 g/mol. The van der Waals surface area contributed by atoms with Gasteiger partial charge in [0.05, 0.1) is 32.3 Å². The molecular weight excluding hydrogens is 461 g/mol. The molecule has 1 aliphatic carbocycles. The number of ketones is 1. The van der Waals surface area contributed by atoms with Crippen LogP contribution in [0.15, 0.2) is 65.0 Å². The van der Waals surface area contributed by atoms with Gasteiger partial charge in [-0.15, -0.1) is 0 Å². The molecule has 4 rings (SSSR count). The lowest BCUT2D eigenvalue weighted by atomic mass is 9.71. The summed E-state index contributed by atoms with van der Waals surface area (Å²) in [7, 11) is 3.15. The van der Waals surface area contributed by atoms with Crippen molar-refractivity contribution in [3.8, 4) is 11.5 Å². The number of nitrogens with one attached hydrogen (secondary N) is 1. The molecule has 0 saturated heterocycles. The first-order valence-corrected chi connectivity index (χ1v) is 12.1. The SMILES string of the molecule is COc1ccc([C@H]2CC(=O)C3=C(C2)NC(C)=C(C(=O)OCC(C)C)[C@@H]3c2ccccc2F)cc1OC. The minimum absolute atomic E-state index is 0.105. The number of hydrogen-bond acceptors (Lipinski definition) is 6. The molecule has 6 nitrogen and oxygen atoms in total. The van der Waals surface area contributed by atoms with Crippen molar-refractivity contribution in [3.63, 3.8) is 0 Å². The number of carbonyl (C=O) groups is 2. The number of dihydropyridines is 1. The zero-order chi connectivity index (χ0) is 26.0. The van der Waals surface area contributed by atoms with Crippen LogP contribution in [0.4, 0.5) is 4.39 Å². The van der Waals surface area contributed by atoms with Gasteiger partial charge in [-0.1, -0.05) is 38.1 Å². The van der Waals surface area contributed by atoms with E-state index in [0.717, 1.165) is 5.56 Å². The first-order chi connectivity index (χ1) is 17.2. The van der Waals surface area contributed by atoms with E-state index in [4.69, 9.17) is 14.2 Å². The van der Waals surface area contributed by atoms with Gasteiger partial charge in [-0.2, -0.15) is 0 Å². The van der Waals surface area contributed by atoms with Gasteiger partial charge in [-0.05, 0) is 48.9 Å². The van der Waals surface area contributed by atoms with E-state index in [9.17, 15) is 9.59 Å². The van der Waals surface area contributed by atoms with Gasteiger partial charge in [0, 0.05) is 29.0 Å². The van der Waals surface area contributed by atoms with Crippen LogP contribution >= 0.6 is 0 Å². The Morgan fingerprint density at radius 3 is 2.47 bits per heavy atom. The lowest BCUT2D eigenvalue weighted by Gasteiger charge is -2.37. The highest BCUT2D eigenvalue weighted by atomic mass is 19.1. The van der Waals surface area contributed by atoms with Crippen LogP contribution in [-0.2, 0) is 14.3 Å². The standard InChI is InChI=1S/C29H32FNO5/c1-16(2)15-36-29(33)26-17(3)31-22-12-19(18-10-11-24(34-4)25(14-18)35-5)13-23(32)28(22)27(26)20-8-6-7-9-21(20)30/h6-11,14,16,19,27,31H,12-13,15H2,1-5H3/t19-,27+/m1/s1. The largest absolute Gasteiger partial charge is 0.493 e. The summed E-state index contributed by atoms with van der Waals surface area (Å²) in [4.78, 5) is 26.9. The van der Waals surface area contributed by atoms with E-state index in [1.807, 2.05) is 32.0 Å². The summed E-state index contributed by atoms with van der Waals surface area (Å²) >= 11 is 0. The van der Waals surface area contributed by atoms with Crippen LogP contribution in [0.25, 0.3) is 0 Å². The Labute approximate surface area is 211 Å². The lowest BCUT2D eigenvalue weighted by Crippen LogP contribution is -2.36. The number of carbonyl (C=O) groups excluding carboxylic acids is 2. The molecule has 1 heterocycles. The molecule has 190 valence electrons. The molecule has 36 heavy (non-hydrogen) atoms. The monoisotopic (exact) mass is 493 g/mol. The molecule has 0 radical (unpaired) electrons. The Balaban J connectivity index is 1.76. The van der Waals surface area contributed by atoms with Crippen molar-refractivity contribution >= 4 is 11.8 Å². The van der Waals surface area contributed by atoms with Gasteiger partial charge in [-0.25, -0.2) is 9.18 Å². The molecule has 7 heteroatoms. The van der Waals surface area contributed by atoms with Gasteiger partial charge >= 0.3 is 5.97 Å². The summed E-state index contributed by atoms with van der Waals surface area (Å²) in [5.74, 6) is -0.717. The van der Waals surface area contributed by atoms with Crippen LogP contribution in [0.2, 0.25) is 0 Å². The highest BCUT2D eigenvalue weighted by Gasteiger charge is 2.42. The molecule has 2 aromatic rings. The quantitative estimate of drug-likeness (QED) is 0.521. The molecule has 1 N–H and O–H groups in total. The van der Waals surface area contributed by atoms with Gasteiger partial charge in [0.2, 0.25) is 0 Å². The van der Waals surface area contributed by atoms with Crippen molar-refractivity contribution < 1.29 is 28.2 Å². The summed E-state index contributed by atoms with van der Waals surface area (Å²) in [5, 5.41) is 3.30. The van der Waals surface area contributed by atoms with Gasteiger partial charge in [0.1, 0.15) is 5.82 Å². The average Bonchev–Trinajstić information content (AvgIpc) is 2.86. The maximum atomic E-state index is 15.1. The van der Waals surface area contributed by atoms with E-state index in [2.05, 4.69) is 5.32 Å². The van der Waals surface area contributed by atoms with E-state index < -0.39 is 17.7 Å². The van der Waals surface area contributed by atoms with Gasteiger partial charge in [0.15, 0.2) is 17.3 Å². The number of hydrogen-bond donors (Lipinski definition) is 1. The van der Waals surface area contributed by atoms with Crippen LogP contribution in [0.1, 0.15) is 56.6 Å². The third-order valence-electron chi connectivity index (χ3n) is 6.69. The second kappa shape index (κ2) is 10.6.